The quantitative estimate of drug-likeness (QED) is 0.637. The molecule has 0 saturated carbocycles. The molecule has 0 radical (unpaired) electrons. The Kier molecular flexibility index (Phi) is 4.59. The molecular formula is C16H15BrN4S. The molecule has 0 atom stereocenters. The molecule has 2 aromatic carbocycles. The van der Waals surface area contributed by atoms with Gasteiger partial charge in [0.25, 0.3) is 0 Å². The van der Waals surface area contributed by atoms with Crippen LogP contribution < -0.4 is 0 Å². The van der Waals surface area contributed by atoms with E-state index in [1.807, 2.05) is 22.9 Å². The minimum Gasteiger partial charge on any atom is -0.187 e. The van der Waals surface area contributed by atoms with Gasteiger partial charge in [0.2, 0.25) is 5.16 Å². The van der Waals surface area contributed by atoms with Crippen LogP contribution in [0, 0.1) is 13.8 Å². The van der Waals surface area contributed by atoms with Crippen molar-refractivity contribution in [3.05, 3.63) is 63.6 Å². The van der Waals surface area contributed by atoms with Gasteiger partial charge >= 0.3 is 0 Å². The third-order valence-corrected chi connectivity index (χ3v) is 4.89. The van der Waals surface area contributed by atoms with E-state index >= 15 is 0 Å². The molecule has 4 nitrogen and oxygen atoms in total. The van der Waals surface area contributed by atoms with Crippen LogP contribution >= 0.6 is 27.7 Å². The number of halogens is 1. The molecule has 1 aromatic heterocycles. The van der Waals surface area contributed by atoms with Crippen LogP contribution in [0.2, 0.25) is 0 Å². The first kappa shape index (κ1) is 15.2. The van der Waals surface area contributed by atoms with Gasteiger partial charge in [-0.2, -0.15) is 4.68 Å². The van der Waals surface area contributed by atoms with Crippen LogP contribution in [0.25, 0.3) is 5.69 Å². The Hall–Kier alpha value is -1.66. The fourth-order valence-corrected chi connectivity index (χ4v) is 3.37. The summed E-state index contributed by atoms with van der Waals surface area (Å²) in [6, 6.07) is 14.5. The zero-order chi connectivity index (χ0) is 15.5. The minimum atomic E-state index is 0.806. The second-order valence-corrected chi connectivity index (χ2v) is 6.89. The number of para-hydroxylation sites is 1. The zero-order valence-electron chi connectivity index (χ0n) is 12.3. The van der Waals surface area contributed by atoms with E-state index in [-0.39, 0.29) is 0 Å². The lowest BCUT2D eigenvalue weighted by atomic mass is 10.1. The average Bonchev–Trinajstić information content (AvgIpc) is 2.95. The number of aromatic nitrogens is 4. The number of tetrazole rings is 1. The van der Waals surface area contributed by atoms with E-state index < -0.39 is 0 Å². The van der Waals surface area contributed by atoms with E-state index in [1.165, 1.54) is 5.56 Å². The average molecular weight is 375 g/mol. The third kappa shape index (κ3) is 3.23. The number of hydrogen-bond acceptors (Lipinski definition) is 4. The predicted octanol–water partition coefficient (Wildman–Crippen LogP) is 4.33. The molecule has 0 amide bonds. The highest BCUT2D eigenvalue weighted by Gasteiger charge is 2.13. The molecular weight excluding hydrogens is 360 g/mol. The van der Waals surface area contributed by atoms with Crippen molar-refractivity contribution in [1.29, 1.82) is 0 Å². The fraction of sp³-hybridized carbons (Fsp3) is 0.188. The van der Waals surface area contributed by atoms with Crippen LogP contribution in [0.4, 0.5) is 0 Å². The molecule has 112 valence electrons. The van der Waals surface area contributed by atoms with Crippen molar-refractivity contribution in [2.45, 2.75) is 24.8 Å². The van der Waals surface area contributed by atoms with E-state index in [4.69, 9.17) is 0 Å². The van der Waals surface area contributed by atoms with Gasteiger partial charge < -0.3 is 0 Å². The maximum Gasteiger partial charge on any atom is 0.214 e. The second kappa shape index (κ2) is 6.62. The largest absolute Gasteiger partial charge is 0.214 e. The normalized spacial score (nSPS) is 10.9. The van der Waals surface area contributed by atoms with Crippen molar-refractivity contribution >= 4 is 27.7 Å². The highest BCUT2D eigenvalue weighted by molar-refractivity contribution is 9.10. The Morgan fingerprint density at radius 2 is 1.73 bits per heavy atom. The van der Waals surface area contributed by atoms with Crippen LogP contribution in [0.15, 0.2) is 52.1 Å². The summed E-state index contributed by atoms with van der Waals surface area (Å²) in [7, 11) is 0. The second-order valence-electron chi connectivity index (χ2n) is 5.03. The molecule has 0 fully saturated rings. The van der Waals surface area contributed by atoms with E-state index in [0.29, 0.717) is 0 Å². The van der Waals surface area contributed by atoms with Crippen molar-refractivity contribution in [3.63, 3.8) is 0 Å². The lowest BCUT2D eigenvalue weighted by molar-refractivity contribution is 0.747. The number of thioether (sulfide) groups is 1. The van der Waals surface area contributed by atoms with Crippen molar-refractivity contribution in [1.82, 2.24) is 20.2 Å². The summed E-state index contributed by atoms with van der Waals surface area (Å²) in [5.41, 5.74) is 4.63. The minimum absolute atomic E-state index is 0.806. The highest BCUT2D eigenvalue weighted by Crippen LogP contribution is 2.26. The predicted molar refractivity (Wildman–Crippen MR) is 92.3 cm³/mol. The first-order valence-corrected chi connectivity index (χ1v) is 8.65. The van der Waals surface area contributed by atoms with Crippen molar-refractivity contribution < 1.29 is 0 Å². The standard InChI is InChI=1S/C16H15BrN4S/c1-11-4-3-5-12(2)15(11)21-16(18-19-20-21)22-10-13-6-8-14(17)9-7-13/h3-9H,10H2,1-2H3. The molecule has 0 N–H and O–H groups in total. The maximum atomic E-state index is 4.16. The summed E-state index contributed by atoms with van der Waals surface area (Å²) >= 11 is 5.09. The Morgan fingerprint density at radius 1 is 1.05 bits per heavy atom. The van der Waals surface area contributed by atoms with Gasteiger partial charge in [-0.15, -0.1) is 5.10 Å². The van der Waals surface area contributed by atoms with Crippen LogP contribution in [-0.2, 0) is 5.75 Å². The molecule has 1 heterocycles. The van der Waals surface area contributed by atoms with Crippen LogP contribution in [-0.4, -0.2) is 20.2 Å². The van der Waals surface area contributed by atoms with E-state index in [0.717, 1.165) is 32.2 Å². The number of rotatable bonds is 4. The van der Waals surface area contributed by atoms with Crippen LogP contribution in [0.5, 0.6) is 0 Å². The van der Waals surface area contributed by atoms with E-state index in [9.17, 15) is 0 Å². The third-order valence-electron chi connectivity index (χ3n) is 3.37. The molecule has 6 heteroatoms. The Morgan fingerprint density at radius 3 is 2.41 bits per heavy atom. The Balaban J connectivity index is 1.85. The molecule has 3 rings (SSSR count). The van der Waals surface area contributed by atoms with Gasteiger partial charge in [0, 0.05) is 10.2 Å². The Bertz CT molecular complexity index is 763. The number of hydrogen-bond donors (Lipinski definition) is 0. The summed E-state index contributed by atoms with van der Waals surface area (Å²) in [4.78, 5) is 0. The van der Waals surface area contributed by atoms with Gasteiger partial charge in [0.05, 0.1) is 5.69 Å². The van der Waals surface area contributed by atoms with Gasteiger partial charge in [0.1, 0.15) is 0 Å². The van der Waals surface area contributed by atoms with Crippen molar-refractivity contribution in [3.8, 4) is 5.69 Å². The number of nitrogens with zero attached hydrogens (tertiary/aromatic N) is 4. The SMILES string of the molecule is Cc1cccc(C)c1-n1nnnc1SCc1ccc(Br)cc1. The molecule has 0 aliphatic heterocycles. The molecule has 0 bridgehead atoms. The maximum absolute atomic E-state index is 4.16. The highest BCUT2D eigenvalue weighted by atomic mass is 79.9. The Labute approximate surface area is 142 Å². The molecule has 3 aromatic rings. The first-order chi connectivity index (χ1) is 10.6. The molecule has 22 heavy (non-hydrogen) atoms. The van der Waals surface area contributed by atoms with E-state index in [2.05, 4.69) is 69.6 Å². The van der Waals surface area contributed by atoms with Crippen molar-refractivity contribution in [2.75, 3.05) is 0 Å². The summed E-state index contributed by atoms with van der Waals surface area (Å²) in [5, 5.41) is 13.0. The molecule has 0 aliphatic rings. The van der Waals surface area contributed by atoms with Gasteiger partial charge in [-0.05, 0) is 53.1 Å². The summed E-state index contributed by atoms with van der Waals surface area (Å²) in [5.74, 6) is 0.832. The monoisotopic (exact) mass is 374 g/mol. The molecule has 0 saturated heterocycles. The summed E-state index contributed by atoms with van der Waals surface area (Å²) < 4.78 is 2.91. The summed E-state index contributed by atoms with van der Waals surface area (Å²) in [6.45, 7) is 4.15. The van der Waals surface area contributed by atoms with Crippen molar-refractivity contribution in [2.24, 2.45) is 0 Å². The number of benzene rings is 2. The van der Waals surface area contributed by atoms with Gasteiger partial charge in [-0.3, -0.25) is 0 Å². The topological polar surface area (TPSA) is 43.6 Å². The lowest BCUT2D eigenvalue weighted by Crippen LogP contribution is -2.04. The van der Waals surface area contributed by atoms with Gasteiger partial charge in [-0.25, -0.2) is 0 Å². The number of aryl methyl sites for hydroxylation is 2. The zero-order valence-corrected chi connectivity index (χ0v) is 14.7. The smallest absolute Gasteiger partial charge is 0.187 e. The molecule has 0 aliphatic carbocycles. The molecule has 0 unspecified atom stereocenters. The van der Waals surface area contributed by atoms with Crippen LogP contribution in [0.3, 0.4) is 0 Å². The lowest BCUT2D eigenvalue weighted by Gasteiger charge is -2.10. The first-order valence-electron chi connectivity index (χ1n) is 6.87. The fourth-order valence-electron chi connectivity index (χ4n) is 2.28. The summed E-state index contributed by atoms with van der Waals surface area (Å²) in [6.07, 6.45) is 0. The van der Waals surface area contributed by atoms with Gasteiger partial charge in [-0.1, -0.05) is 58.0 Å². The van der Waals surface area contributed by atoms with E-state index in [1.54, 1.807) is 11.8 Å². The molecule has 0 spiro atoms. The van der Waals surface area contributed by atoms with Crippen LogP contribution in [0.1, 0.15) is 16.7 Å². The van der Waals surface area contributed by atoms with Gasteiger partial charge in [0.15, 0.2) is 0 Å².